The minimum Gasteiger partial charge on any atom is -0.371 e. The Labute approximate surface area is 312 Å². The Morgan fingerprint density at radius 2 is 1.64 bits per heavy atom. The van der Waals surface area contributed by atoms with Gasteiger partial charge in [0.2, 0.25) is 11.8 Å². The molecule has 3 aromatic carbocycles. The molecule has 11 heteroatoms. The molecule has 8 nitrogen and oxygen atoms in total. The van der Waals surface area contributed by atoms with Gasteiger partial charge < -0.3 is 9.80 Å². The van der Waals surface area contributed by atoms with Crippen LogP contribution in [0.1, 0.15) is 99.6 Å². The summed E-state index contributed by atoms with van der Waals surface area (Å²) in [6.45, 7) is 9.03. The summed E-state index contributed by atoms with van der Waals surface area (Å²) in [7, 11) is 0. The van der Waals surface area contributed by atoms with Crippen molar-refractivity contribution in [2.75, 3.05) is 37.6 Å². The number of hydrogen-bond donors (Lipinski definition) is 1. The van der Waals surface area contributed by atoms with E-state index >= 15 is 8.78 Å². The first kappa shape index (κ1) is 34.6. The Hall–Kier alpha value is -4.15. The van der Waals surface area contributed by atoms with Gasteiger partial charge in [0.15, 0.2) is 0 Å². The summed E-state index contributed by atoms with van der Waals surface area (Å²) in [5.41, 5.74) is 4.31. The molecule has 4 aliphatic heterocycles. The van der Waals surface area contributed by atoms with Crippen molar-refractivity contribution in [1.29, 1.82) is 0 Å². The normalized spacial score (nSPS) is 22.9. The number of fused-ring (bicyclic) bond motifs is 5. The van der Waals surface area contributed by atoms with E-state index in [1.807, 2.05) is 12.1 Å². The first-order valence-corrected chi connectivity index (χ1v) is 19.5. The molecule has 1 unspecified atom stereocenters. The average molecular weight is 740 g/mol. The van der Waals surface area contributed by atoms with E-state index in [1.165, 1.54) is 36.1 Å². The molecular formula is C42H44ClF2N5O3. The van der Waals surface area contributed by atoms with Crippen LogP contribution in [-0.2, 0) is 15.0 Å². The first-order valence-electron chi connectivity index (χ1n) is 19.1. The molecule has 1 N–H and O–H groups in total. The SMILES string of the molecule is CC1(C)c2ccc(C3CCN(CC4CC5(CCN(c6cc(F)c(C7CCC(=O)NC7=O)c(F)c6)CC5)C4)CC3)cc2-n2c1nc(=O)c1c(Cl)cccc12. The molecular weight excluding hydrogens is 696 g/mol. The van der Waals surface area contributed by atoms with Crippen molar-refractivity contribution in [3.63, 3.8) is 0 Å². The van der Waals surface area contributed by atoms with Crippen LogP contribution in [0.5, 0.6) is 0 Å². The number of likely N-dealkylation sites (tertiary alicyclic amines) is 1. The van der Waals surface area contributed by atoms with Gasteiger partial charge in [0.05, 0.1) is 32.9 Å². The number of rotatable bonds is 5. The predicted molar refractivity (Wildman–Crippen MR) is 201 cm³/mol. The number of carbonyl (C=O) groups is 2. The molecule has 1 aliphatic carbocycles. The van der Waals surface area contributed by atoms with E-state index in [4.69, 9.17) is 11.6 Å². The van der Waals surface area contributed by atoms with E-state index in [9.17, 15) is 14.4 Å². The third-order valence-electron chi connectivity index (χ3n) is 13.2. The van der Waals surface area contributed by atoms with Crippen molar-refractivity contribution in [3.05, 3.63) is 98.1 Å². The quantitative estimate of drug-likeness (QED) is 0.216. The van der Waals surface area contributed by atoms with Crippen molar-refractivity contribution in [2.24, 2.45) is 11.3 Å². The highest BCUT2D eigenvalue weighted by Gasteiger charge is 2.46. The first-order chi connectivity index (χ1) is 25.4. The van der Waals surface area contributed by atoms with Gasteiger partial charge in [-0.3, -0.25) is 24.3 Å². The van der Waals surface area contributed by atoms with Gasteiger partial charge in [-0.15, -0.1) is 0 Å². The highest BCUT2D eigenvalue weighted by atomic mass is 35.5. The molecule has 5 aliphatic rings. The van der Waals surface area contributed by atoms with E-state index in [1.54, 1.807) is 6.07 Å². The van der Waals surface area contributed by atoms with Gasteiger partial charge in [0.25, 0.3) is 5.56 Å². The minimum atomic E-state index is -0.984. The topological polar surface area (TPSA) is 87.5 Å². The molecule has 0 radical (unpaired) electrons. The number of halogens is 3. The number of amides is 2. The lowest BCUT2D eigenvalue weighted by atomic mass is 9.57. The molecule has 276 valence electrons. The smallest absolute Gasteiger partial charge is 0.282 e. The number of nitrogens with one attached hydrogen (secondary N) is 1. The van der Waals surface area contributed by atoms with E-state index in [-0.39, 0.29) is 24.0 Å². The molecule has 0 bridgehead atoms. The zero-order valence-electron chi connectivity index (χ0n) is 30.2. The van der Waals surface area contributed by atoms with E-state index in [0.717, 1.165) is 75.4 Å². The van der Waals surface area contributed by atoms with Crippen LogP contribution in [0.15, 0.2) is 53.3 Å². The molecule has 2 amide bonds. The van der Waals surface area contributed by atoms with Crippen molar-refractivity contribution < 1.29 is 18.4 Å². The lowest BCUT2D eigenvalue weighted by Gasteiger charge is -2.54. The number of aromatic nitrogens is 2. The van der Waals surface area contributed by atoms with Crippen LogP contribution in [0.4, 0.5) is 14.5 Å². The summed E-state index contributed by atoms with van der Waals surface area (Å²) >= 11 is 6.49. The third-order valence-corrected chi connectivity index (χ3v) is 13.5. The van der Waals surface area contributed by atoms with Gasteiger partial charge >= 0.3 is 0 Å². The largest absolute Gasteiger partial charge is 0.371 e. The number of imide groups is 1. The fourth-order valence-electron chi connectivity index (χ4n) is 10.3. The van der Waals surface area contributed by atoms with Crippen molar-refractivity contribution >= 4 is 40.0 Å². The van der Waals surface area contributed by atoms with Crippen molar-refractivity contribution in [2.45, 2.75) is 82.5 Å². The number of carbonyl (C=O) groups excluding carboxylic acids is 2. The molecule has 1 spiro atoms. The molecule has 53 heavy (non-hydrogen) atoms. The van der Waals surface area contributed by atoms with Gasteiger partial charge in [0, 0.05) is 37.3 Å². The van der Waals surface area contributed by atoms with E-state index < -0.39 is 34.8 Å². The van der Waals surface area contributed by atoms with Gasteiger partial charge in [-0.25, -0.2) is 8.78 Å². The Morgan fingerprint density at radius 1 is 0.925 bits per heavy atom. The van der Waals surface area contributed by atoms with Crippen molar-refractivity contribution in [1.82, 2.24) is 19.8 Å². The minimum absolute atomic E-state index is 0.0761. The average Bonchev–Trinajstić information content (AvgIpc) is 3.34. The number of nitrogens with zero attached hydrogens (tertiary/aromatic N) is 4. The number of benzene rings is 3. The fourth-order valence-corrected chi connectivity index (χ4v) is 10.6. The van der Waals surface area contributed by atoms with Crippen LogP contribution >= 0.6 is 11.6 Å². The van der Waals surface area contributed by atoms with Crippen molar-refractivity contribution in [3.8, 4) is 5.69 Å². The summed E-state index contributed by atoms with van der Waals surface area (Å²) in [4.78, 5) is 46.1. The predicted octanol–water partition coefficient (Wildman–Crippen LogP) is 7.35. The van der Waals surface area contributed by atoms with Gasteiger partial charge in [-0.05, 0) is 131 Å². The van der Waals surface area contributed by atoms with Crippen LogP contribution in [-0.4, -0.2) is 59.0 Å². The second kappa shape index (κ2) is 12.7. The molecule has 4 aromatic rings. The molecule has 1 atom stereocenters. The summed E-state index contributed by atoms with van der Waals surface area (Å²) in [6.07, 6.45) is 6.81. The standard InChI is InChI=1S/C42H44ClF2N5O3/c1-41(2)29-8-6-26(18-34(29)50-33-5-3-4-30(43)37(33)39(53)47-40(41)50)25-10-14-48(15-11-25)23-24-21-42(22-24)12-16-49(17-13-42)27-19-31(44)36(32(45)20-27)28-7-9-35(51)46-38(28)52/h3-6,8,18-20,24-25,28H,7,9-17,21-23H2,1-2H3,(H,46,51,52). The Morgan fingerprint density at radius 3 is 2.34 bits per heavy atom. The number of anilines is 1. The van der Waals surface area contributed by atoms with Gasteiger partial charge in [-0.2, -0.15) is 4.98 Å². The van der Waals surface area contributed by atoms with Crippen LogP contribution in [0, 0.1) is 23.0 Å². The number of hydrogen-bond acceptors (Lipinski definition) is 6. The highest BCUT2D eigenvalue weighted by Crippen LogP contribution is 2.53. The Kier molecular flexibility index (Phi) is 8.31. The summed E-state index contributed by atoms with van der Waals surface area (Å²) in [5, 5.41) is 3.09. The van der Waals surface area contributed by atoms with E-state index in [2.05, 4.69) is 56.7 Å². The maximum atomic E-state index is 15.2. The monoisotopic (exact) mass is 739 g/mol. The van der Waals surface area contributed by atoms with Gasteiger partial charge in [0.1, 0.15) is 17.5 Å². The van der Waals surface area contributed by atoms with Crippen LogP contribution < -0.4 is 15.8 Å². The summed E-state index contributed by atoms with van der Waals surface area (Å²) in [6, 6.07) is 15.1. The van der Waals surface area contributed by atoms with Crippen LogP contribution in [0.2, 0.25) is 5.02 Å². The zero-order valence-corrected chi connectivity index (χ0v) is 30.9. The van der Waals surface area contributed by atoms with Gasteiger partial charge in [-0.1, -0.05) is 29.8 Å². The summed E-state index contributed by atoms with van der Waals surface area (Å²) < 4.78 is 32.5. The Bertz CT molecular complexity index is 2210. The maximum Gasteiger partial charge on any atom is 0.282 e. The second-order valence-corrected chi connectivity index (χ2v) is 17.2. The maximum absolute atomic E-state index is 15.2. The molecule has 1 saturated carbocycles. The third kappa shape index (κ3) is 5.79. The second-order valence-electron chi connectivity index (χ2n) is 16.8. The lowest BCUT2D eigenvalue weighted by Crippen LogP contribution is -2.50. The Balaban J connectivity index is 0.801. The number of piperidine rings is 3. The lowest BCUT2D eigenvalue weighted by molar-refractivity contribution is -0.134. The summed E-state index contributed by atoms with van der Waals surface area (Å²) in [5.74, 6) is -1.57. The zero-order chi connectivity index (χ0) is 36.8. The fraction of sp³-hybridized carbons (Fsp3) is 0.476. The molecule has 4 fully saturated rings. The molecule has 9 rings (SSSR count). The van der Waals surface area contributed by atoms with Crippen LogP contribution in [0.25, 0.3) is 16.6 Å². The molecule has 1 aromatic heterocycles. The molecule has 5 heterocycles. The highest BCUT2D eigenvalue weighted by molar-refractivity contribution is 6.35. The van der Waals surface area contributed by atoms with E-state index in [0.29, 0.717) is 33.3 Å². The van der Waals surface area contributed by atoms with Crippen LogP contribution in [0.3, 0.4) is 0 Å². The molecule has 3 saturated heterocycles.